The van der Waals surface area contributed by atoms with Crippen LogP contribution in [0.4, 0.5) is 0 Å². The molecule has 0 bridgehead atoms. The summed E-state index contributed by atoms with van der Waals surface area (Å²) in [6, 6.07) is 12.9. The zero-order valence-corrected chi connectivity index (χ0v) is 13.7. The van der Waals surface area contributed by atoms with Crippen molar-refractivity contribution < 1.29 is 0 Å². The van der Waals surface area contributed by atoms with Crippen molar-refractivity contribution in [2.45, 2.75) is 40.8 Å². The first-order chi connectivity index (χ1) is 10.5. The molecule has 0 saturated heterocycles. The first-order valence-electron chi connectivity index (χ1n) is 7.61. The summed E-state index contributed by atoms with van der Waals surface area (Å²) in [4.78, 5) is 0. The molecule has 0 radical (unpaired) electrons. The van der Waals surface area contributed by atoms with Crippen LogP contribution < -0.4 is 0 Å². The van der Waals surface area contributed by atoms with E-state index < -0.39 is 0 Å². The second-order valence-electron chi connectivity index (χ2n) is 5.99. The highest BCUT2D eigenvalue weighted by molar-refractivity contribution is 5.25. The summed E-state index contributed by atoms with van der Waals surface area (Å²) in [5.74, 6) is 0. The van der Waals surface area contributed by atoms with Gasteiger partial charge in [0.05, 0.1) is 24.5 Å². The van der Waals surface area contributed by atoms with Crippen LogP contribution in [-0.2, 0) is 13.1 Å². The number of nitrogens with zero attached hydrogens (tertiary/aromatic N) is 4. The molecule has 114 valence electrons. The van der Waals surface area contributed by atoms with Gasteiger partial charge >= 0.3 is 0 Å². The third kappa shape index (κ3) is 3.11. The highest BCUT2D eigenvalue weighted by Crippen LogP contribution is 2.12. The van der Waals surface area contributed by atoms with Gasteiger partial charge in [-0.3, -0.25) is 9.36 Å². The van der Waals surface area contributed by atoms with Crippen LogP contribution in [0.2, 0.25) is 0 Å². The van der Waals surface area contributed by atoms with Gasteiger partial charge < -0.3 is 0 Å². The van der Waals surface area contributed by atoms with Crippen LogP contribution in [0.25, 0.3) is 0 Å². The molecule has 2 aromatic heterocycles. The van der Waals surface area contributed by atoms with E-state index in [1.54, 1.807) is 0 Å². The number of benzene rings is 1. The molecule has 0 amide bonds. The lowest BCUT2D eigenvalue weighted by molar-refractivity contribution is 0.647. The smallest absolute Gasteiger partial charge is 0.0662 e. The van der Waals surface area contributed by atoms with Gasteiger partial charge in [-0.1, -0.05) is 24.3 Å². The fourth-order valence-electron chi connectivity index (χ4n) is 2.84. The van der Waals surface area contributed by atoms with Crippen LogP contribution in [0, 0.1) is 27.7 Å². The van der Waals surface area contributed by atoms with Gasteiger partial charge in [0.2, 0.25) is 0 Å². The normalized spacial score (nSPS) is 11.1. The van der Waals surface area contributed by atoms with Gasteiger partial charge in [0.25, 0.3) is 0 Å². The fourth-order valence-corrected chi connectivity index (χ4v) is 2.84. The van der Waals surface area contributed by atoms with E-state index >= 15 is 0 Å². The third-order valence-corrected chi connectivity index (χ3v) is 3.86. The molecule has 0 fully saturated rings. The molecule has 4 nitrogen and oxygen atoms in total. The van der Waals surface area contributed by atoms with Gasteiger partial charge in [-0.2, -0.15) is 10.2 Å². The van der Waals surface area contributed by atoms with E-state index in [9.17, 15) is 0 Å². The van der Waals surface area contributed by atoms with Crippen LogP contribution in [0.5, 0.6) is 0 Å². The zero-order valence-electron chi connectivity index (χ0n) is 13.7. The highest BCUT2D eigenvalue weighted by atomic mass is 15.3. The van der Waals surface area contributed by atoms with Crippen LogP contribution in [0.3, 0.4) is 0 Å². The van der Waals surface area contributed by atoms with Gasteiger partial charge in [-0.05, 0) is 51.0 Å². The standard InChI is InChI=1S/C18H22N4/c1-13-8-15(3)21(19-13)11-17-6-5-7-18(10-17)12-22-16(4)9-14(2)20-22/h5-10H,11-12H2,1-4H3. The predicted molar refractivity (Wildman–Crippen MR) is 88.0 cm³/mol. The Hall–Kier alpha value is -2.36. The predicted octanol–water partition coefficient (Wildman–Crippen LogP) is 3.41. The molecule has 0 N–H and O–H groups in total. The van der Waals surface area contributed by atoms with E-state index in [0.717, 1.165) is 24.5 Å². The van der Waals surface area contributed by atoms with Crippen LogP contribution >= 0.6 is 0 Å². The lowest BCUT2D eigenvalue weighted by Crippen LogP contribution is -2.06. The Balaban J connectivity index is 1.80. The van der Waals surface area contributed by atoms with Crippen molar-refractivity contribution in [3.63, 3.8) is 0 Å². The quantitative estimate of drug-likeness (QED) is 0.739. The molecule has 0 spiro atoms. The van der Waals surface area contributed by atoms with Crippen molar-refractivity contribution in [2.75, 3.05) is 0 Å². The minimum Gasteiger partial charge on any atom is -0.265 e. The van der Waals surface area contributed by atoms with Gasteiger partial charge in [0.1, 0.15) is 0 Å². The van der Waals surface area contributed by atoms with Crippen molar-refractivity contribution in [3.8, 4) is 0 Å². The molecule has 0 saturated carbocycles. The molecule has 22 heavy (non-hydrogen) atoms. The SMILES string of the molecule is Cc1cc(C)n(Cc2cccc(Cn3nc(C)cc3C)c2)n1. The van der Waals surface area contributed by atoms with Crippen molar-refractivity contribution in [1.82, 2.24) is 19.6 Å². The molecule has 3 aromatic rings. The Labute approximate surface area is 131 Å². The van der Waals surface area contributed by atoms with Crippen molar-refractivity contribution in [1.29, 1.82) is 0 Å². The molecular weight excluding hydrogens is 272 g/mol. The van der Waals surface area contributed by atoms with Gasteiger partial charge in [-0.15, -0.1) is 0 Å². The number of hydrogen-bond acceptors (Lipinski definition) is 2. The minimum absolute atomic E-state index is 0.810. The van der Waals surface area contributed by atoms with E-state index in [4.69, 9.17) is 0 Å². The van der Waals surface area contributed by atoms with E-state index in [1.807, 2.05) is 13.8 Å². The third-order valence-electron chi connectivity index (χ3n) is 3.86. The van der Waals surface area contributed by atoms with Crippen molar-refractivity contribution in [3.05, 3.63) is 70.3 Å². The van der Waals surface area contributed by atoms with Crippen LogP contribution in [-0.4, -0.2) is 19.6 Å². The molecule has 0 aliphatic heterocycles. The molecule has 4 heteroatoms. The Bertz CT molecular complexity index is 732. The topological polar surface area (TPSA) is 35.6 Å². The second-order valence-corrected chi connectivity index (χ2v) is 5.99. The number of hydrogen-bond donors (Lipinski definition) is 0. The maximum atomic E-state index is 4.54. The van der Waals surface area contributed by atoms with Crippen LogP contribution in [0.15, 0.2) is 36.4 Å². The Morgan fingerprint density at radius 2 is 1.18 bits per heavy atom. The molecule has 2 heterocycles. The Morgan fingerprint density at radius 1 is 0.727 bits per heavy atom. The lowest BCUT2D eigenvalue weighted by Gasteiger charge is -2.08. The lowest BCUT2D eigenvalue weighted by atomic mass is 10.1. The van der Waals surface area contributed by atoms with Crippen molar-refractivity contribution >= 4 is 0 Å². The zero-order chi connectivity index (χ0) is 15.7. The summed E-state index contributed by atoms with van der Waals surface area (Å²) < 4.78 is 4.11. The molecule has 0 atom stereocenters. The molecule has 0 aliphatic rings. The maximum Gasteiger partial charge on any atom is 0.0662 e. The first kappa shape index (κ1) is 14.6. The molecule has 1 aromatic carbocycles. The molecule has 3 rings (SSSR count). The highest BCUT2D eigenvalue weighted by Gasteiger charge is 2.05. The minimum atomic E-state index is 0.810. The van der Waals surface area contributed by atoms with E-state index in [2.05, 4.69) is 69.8 Å². The van der Waals surface area contributed by atoms with Crippen LogP contribution in [0.1, 0.15) is 33.9 Å². The van der Waals surface area contributed by atoms with Crippen molar-refractivity contribution in [2.24, 2.45) is 0 Å². The molecule has 0 aliphatic carbocycles. The monoisotopic (exact) mass is 294 g/mol. The average molecular weight is 294 g/mol. The second kappa shape index (κ2) is 5.79. The van der Waals surface area contributed by atoms with E-state index in [-0.39, 0.29) is 0 Å². The van der Waals surface area contributed by atoms with Gasteiger partial charge in [0.15, 0.2) is 0 Å². The summed E-state index contributed by atoms with van der Waals surface area (Å²) in [5.41, 5.74) is 7.06. The fraction of sp³-hybridized carbons (Fsp3) is 0.333. The Kier molecular flexibility index (Phi) is 3.84. The number of rotatable bonds is 4. The van der Waals surface area contributed by atoms with Gasteiger partial charge in [0, 0.05) is 11.4 Å². The number of aromatic nitrogens is 4. The summed E-state index contributed by atoms with van der Waals surface area (Å²) in [5, 5.41) is 9.07. The summed E-state index contributed by atoms with van der Waals surface area (Å²) in [6.45, 7) is 9.88. The number of aryl methyl sites for hydroxylation is 4. The van der Waals surface area contributed by atoms with Gasteiger partial charge in [-0.25, -0.2) is 0 Å². The summed E-state index contributed by atoms with van der Waals surface area (Å²) in [6.07, 6.45) is 0. The molecular formula is C18H22N4. The summed E-state index contributed by atoms with van der Waals surface area (Å²) >= 11 is 0. The maximum absolute atomic E-state index is 4.54. The summed E-state index contributed by atoms with van der Waals surface area (Å²) in [7, 11) is 0. The Morgan fingerprint density at radius 3 is 1.55 bits per heavy atom. The van der Waals surface area contributed by atoms with E-state index in [0.29, 0.717) is 0 Å². The molecule has 0 unspecified atom stereocenters. The average Bonchev–Trinajstić information content (AvgIpc) is 2.92. The van der Waals surface area contributed by atoms with E-state index in [1.165, 1.54) is 22.5 Å². The largest absolute Gasteiger partial charge is 0.265 e. The first-order valence-corrected chi connectivity index (χ1v) is 7.61.